The Labute approximate surface area is 361 Å². The van der Waals surface area contributed by atoms with Crippen LogP contribution in [0.1, 0.15) is 23.2 Å². The summed E-state index contributed by atoms with van der Waals surface area (Å²) in [5, 5.41) is 16.5. The van der Waals surface area contributed by atoms with Crippen molar-refractivity contribution < 1.29 is 33.6 Å². The van der Waals surface area contributed by atoms with Crippen molar-refractivity contribution in [2.75, 3.05) is 13.7 Å². The number of carbonyl (C=O) groups is 3. The van der Waals surface area contributed by atoms with Crippen LogP contribution in [0.25, 0.3) is 66.6 Å². The zero-order valence-electron chi connectivity index (χ0n) is 34.1. The summed E-state index contributed by atoms with van der Waals surface area (Å²) in [6.07, 6.45) is 0. The summed E-state index contributed by atoms with van der Waals surface area (Å²) in [6.45, 7) is 1.92. The van der Waals surface area contributed by atoms with Crippen molar-refractivity contribution in [3.05, 3.63) is 153 Å². The number of hydrogen-bond donors (Lipinski definition) is 2. The van der Waals surface area contributed by atoms with E-state index in [9.17, 15) is 24.0 Å². The molecular formula is C45H37ClN8O9. The van der Waals surface area contributed by atoms with E-state index in [0.29, 0.717) is 16.8 Å². The zero-order chi connectivity index (χ0) is 44.9. The van der Waals surface area contributed by atoms with Crippen LogP contribution < -0.4 is 16.9 Å². The molecule has 0 fully saturated rings. The van der Waals surface area contributed by atoms with Crippen LogP contribution in [0.5, 0.6) is 0 Å². The number of nitrogens with zero attached hydrogens (tertiary/aromatic N) is 7. The van der Waals surface area contributed by atoms with E-state index in [0.717, 1.165) is 56.7 Å². The highest BCUT2D eigenvalue weighted by Gasteiger charge is 2.19. The molecule has 4 aromatic carbocycles. The summed E-state index contributed by atoms with van der Waals surface area (Å²) in [5.74, 6) is -1.58. The monoisotopic (exact) mass is 868 g/mol. The van der Waals surface area contributed by atoms with Crippen LogP contribution >= 0.6 is 11.6 Å². The summed E-state index contributed by atoms with van der Waals surface area (Å²) in [6, 6.07) is 37.0. The highest BCUT2D eigenvalue weighted by Crippen LogP contribution is 2.30. The van der Waals surface area contributed by atoms with E-state index in [1.54, 1.807) is 64.6 Å². The number of rotatable bonds is 7. The van der Waals surface area contributed by atoms with Gasteiger partial charge in [0.05, 0.1) is 46.8 Å². The van der Waals surface area contributed by atoms with Crippen molar-refractivity contribution in [2.45, 2.75) is 6.92 Å². The van der Waals surface area contributed by atoms with E-state index in [4.69, 9.17) is 20.2 Å². The molecule has 5 aromatic heterocycles. The third kappa shape index (κ3) is 8.27. The SMILES string of the molecule is CCOC(=O)c1nc(-c2ccc(-n3c(=O)ccc4c3c3ccccc3n4C)cc2)no1.COC(=O)C(=O)Cl.Cn1c2ccccc2c2c1ccc(=O)n2-c1ccc(/C(N)=N/O)cc1. The first kappa shape index (κ1) is 42.8. The molecule has 17 nitrogen and oxygen atoms in total. The van der Waals surface area contributed by atoms with Gasteiger partial charge in [0.15, 0.2) is 5.84 Å². The van der Waals surface area contributed by atoms with Gasteiger partial charge in [0, 0.05) is 59.5 Å². The van der Waals surface area contributed by atoms with Gasteiger partial charge >= 0.3 is 23.1 Å². The van der Waals surface area contributed by atoms with E-state index in [-0.39, 0.29) is 35.3 Å². The van der Waals surface area contributed by atoms with Crippen molar-refractivity contribution in [3.63, 3.8) is 0 Å². The standard InChI is InChI=1S/C23H18N4O4.C19H16N4O2.C3H3ClO3/c1-3-30-23(29)22-24-21(25-31-22)14-8-10-15(11-9-14)27-19(28)13-12-18-20(27)16-6-4-5-7-17(16)26(18)2;1-22-15-5-3-2-4-14(15)18-16(22)10-11-17(24)23(18)13-8-6-12(7-9-13)19(20)21-25;1-7-3(6)2(4)5/h4-13H,3H2,1-2H3;2-11,25H,1H3,(H2,20,21);1H3. The molecule has 0 bridgehead atoms. The fourth-order valence-electron chi connectivity index (χ4n) is 7.12. The van der Waals surface area contributed by atoms with E-state index in [2.05, 4.69) is 40.8 Å². The minimum atomic E-state index is -1.09. The normalized spacial score (nSPS) is 11.2. The number of oxime groups is 1. The van der Waals surface area contributed by atoms with Crippen LogP contribution in [0.15, 0.2) is 141 Å². The van der Waals surface area contributed by atoms with E-state index in [1.165, 1.54) is 0 Å². The van der Waals surface area contributed by atoms with Gasteiger partial charge in [-0.3, -0.25) is 23.5 Å². The first-order chi connectivity index (χ1) is 30.4. The molecule has 0 saturated heterocycles. The Morgan fingerprint density at radius 2 is 1.22 bits per heavy atom. The number of aryl methyl sites for hydroxylation is 2. The number of ether oxygens (including phenoxy) is 2. The number of fused-ring (bicyclic) bond motifs is 6. The summed E-state index contributed by atoms with van der Waals surface area (Å²) in [4.78, 5) is 60.8. The quantitative estimate of drug-likeness (QED) is 0.0347. The lowest BCUT2D eigenvalue weighted by atomic mass is 10.1. The Balaban J connectivity index is 0.000000167. The third-order valence-electron chi connectivity index (χ3n) is 10.0. The average Bonchev–Trinajstić information content (AvgIpc) is 4.00. The van der Waals surface area contributed by atoms with Crippen molar-refractivity contribution in [2.24, 2.45) is 25.0 Å². The predicted octanol–water partition coefficient (Wildman–Crippen LogP) is 6.21. The van der Waals surface area contributed by atoms with Gasteiger partial charge in [-0.25, -0.2) is 9.59 Å². The Kier molecular flexibility index (Phi) is 12.3. The van der Waals surface area contributed by atoms with Gasteiger partial charge in [0.25, 0.3) is 11.1 Å². The molecule has 0 aliphatic rings. The highest BCUT2D eigenvalue weighted by atomic mass is 35.5. The van der Waals surface area contributed by atoms with Crippen LogP contribution in [-0.2, 0) is 33.2 Å². The summed E-state index contributed by atoms with van der Waals surface area (Å²) >= 11 is 4.61. The molecular weight excluding hydrogens is 832 g/mol. The Morgan fingerprint density at radius 1 is 0.730 bits per heavy atom. The van der Waals surface area contributed by atoms with Gasteiger partial charge < -0.3 is 34.1 Å². The van der Waals surface area contributed by atoms with Crippen molar-refractivity contribution in [1.29, 1.82) is 0 Å². The van der Waals surface area contributed by atoms with E-state index in [1.807, 2.05) is 86.9 Å². The van der Waals surface area contributed by atoms with E-state index >= 15 is 0 Å². The maximum Gasteiger partial charge on any atom is 0.397 e. The third-order valence-corrected chi connectivity index (χ3v) is 10.2. The number of methoxy groups -OCH3 is 1. The number of halogens is 1. The van der Waals surface area contributed by atoms with Crippen LogP contribution in [0, 0.1) is 0 Å². The number of esters is 2. The number of carbonyl (C=O) groups excluding carboxylic acids is 3. The van der Waals surface area contributed by atoms with Gasteiger partial charge in [-0.15, -0.1) is 0 Å². The molecule has 318 valence electrons. The number of amidine groups is 1. The fraction of sp³-hybridized carbons (Fsp3) is 0.111. The average molecular weight is 869 g/mol. The van der Waals surface area contributed by atoms with Gasteiger partial charge in [-0.1, -0.05) is 46.7 Å². The summed E-state index contributed by atoms with van der Waals surface area (Å²) in [5.41, 5.74) is 13.8. The molecule has 5 heterocycles. The number of benzene rings is 4. The summed E-state index contributed by atoms with van der Waals surface area (Å²) in [7, 11) is 5.06. The molecule has 3 N–H and O–H groups in total. The maximum absolute atomic E-state index is 12.8. The second kappa shape index (κ2) is 18.1. The Bertz CT molecular complexity index is 3340. The Morgan fingerprint density at radius 3 is 1.67 bits per heavy atom. The lowest BCUT2D eigenvalue weighted by Crippen LogP contribution is -2.18. The number of pyridine rings is 2. The second-order valence-corrected chi connectivity index (χ2v) is 14.0. The molecule has 0 unspecified atom stereocenters. The largest absolute Gasteiger partial charge is 0.462 e. The van der Waals surface area contributed by atoms with Gasteiger partial charge in [-0.2, -0.15) is 4.98 Å². The first-order valence-electron chi connectivity index (χ1n) is 19.0. The summed E-state index contributed by atoms with van der Waals surface area (Å²) < 4.78 is 21.3. The van der Waals surface area contributed by atoms with Crippen LogP contribution in [0.3, 0.4) is 0 Å². The topological polar surface area (TPSA) is 221 Å². The predicted molar refractivity (Wildman–Crippen MR) is 237 cm³/mol. The zero-order valence-corrected chi connectivity index (χ0v) is 34.8. The maximum atomic E-state index is 12.8. The molecule has 0 spiro atoms. The molecule has 0 aliphatic heterocycles. The van der Waals surface area contributed by atoms with Gasteiger partial charge in [-0.05, 0) is 91.3 Å². The smallest absolute Gasteiger partial charge is 0.397 e. The molecule has 0 amide bonds. The molecule has 63 heavy (non-hydrogen) atoms. The van der Waals surface area contributed by atoms with Crippen molar-refractivity contribution in [1.82, 2.24) is 28.4 Å². The van der Waals surface area contributed by atoms with Gasteiger partial charge in [0.1, 0.15) is 0 Å². The fourth-order valence-corrected chi connectivity index (χ4v) is 7.19. The molecule has 0 atom stereocenters. The lowest BCUT2D eigenvalue weighted by Gasteiger charge is -2.09. The van der Waals surface area contributed by atoms with Gasteiger partial charge in [0.2, 0.25) is 5.82 Å². The van der Waals surface area contributed by atoms with Crippen LogP contribution in [0.2, 0.25) is 0 Å². The minimum Gasteiger partial charge on any atom is -0.462 e. The molecule has 0 radical (unpaired) electrons. The van der Waals surface area contributed by atoms with Crippen molar-refractivity contribution >= 4 is 78.5 Å². The van der Waals surface area contributed by atoms with E-state index < -0.39 is 17.2 Å². The highest BCUT2D eigenvalue weighted by molar-refractivity contribution is 6.80. The number of para-hydroxylation sites is 2. The van der Waals surface area contributed by atoms with Crippen molar-refractivity contribution in [3.8, 4) is 22.8 Å². The first-order valence-corrected chi connectivity index (χ1v) is 19.4. The number of aromatic nitrogens is 6. The van der Waals surface area contributed by atoms with Crippen LogP contribution in [0.4, 0.5) is 0 Å². The molecule has 9 rings (SSSR count). The molecule has 9 aromatic rings. The minimum absolute atomic E-state index is 0.0299. The number of nitrogens with two attached hydrogens (primary N) is 1. The molecule has 18 heteroatoms. The molecule has 0 saturated carbocycles. The Hall–Kier alpha value is -8.31. The lowest BCUT2D eigenvalue weighted by molar-refractivity contribution is -0.148. The second-order valence-electron chi connectivity index (χ2n) is 13.6. The number of hydrogen-bond acceptors (Lipinski definition) is 12. The molecule has 0 aliphatic carbocycles. The van der Waals surface area contributed by atoms with Crippen LogP contribution in [-0.4, -0.2) is 70.3 Å².